The second kappa shape index (κ2) is 9.57. The molecule has 2 heteroatoms. The van der Waals surface area contributed by atoms with E-state index in [2.05, 4.69) is 26.8 Å². The number of nitrogens with zero attached hydrogens (tertiary/aromatic N) is 1. The molecule has 0 aliphatic carbocycles. The zero-order valence-electron chi connectivity index (χ0n) is 13.7. The van der Waals surface area contributed by atoms with Crippen molar-refractivity contribution in [3.63, 3.8) is 0 Å². The van der Waals surface area contributed by atoms with Crippen molar-refractivity contribution >= 4 is 7.92 Å². The van der Waals surface area contributed by atoms with E-state index in [1.54, 1.807) is 0 Å². The molecular weight excluding hydrogens is 261 g/mol. The SMILES string of the molecule is CCCCP1CCC(=CC#N)C1(CCCC)CCCC. The van der Waals surface area contributed by atoms with Gasteiger partial charge in [0.25, 0.3) is 0 Å². The standard InChI is InChI=1S/C18H32NP/c1-4-7-12-18(13-8-5-2)17(10-14-19)11-16-20(18)15-9-6-3/h10H,4-9,11-13,15-16H2,1-3H3. The summed E-state index contributed by atoms with van der Waals surface area (Å²) in [7, 11) is 0.108. The van der Waals surface area contributed by atoms with E-state index < -0.39 is 0 Å². The van der Waals surface area contributed by atoms with Crippen LogP contribution in [0.2, 0.25) is 0 Å². The third-order valence-electron chi connectivity index (χ3n) is 4.76. The van der Waals surface area contributed by atoms with E-state index in [1.807, 2.05) is 6.08 Å². The molecule has 1 unspecified atom stereocenters. The molecule has 1 heterocycles. The Balaban J connectivity index is 2.97. The van der Waals surface area contributed by atoms with Gasteiger partial charge in [-0.2, -0.15) is 5.26 Å². The Morgan fingerprint density at radius 2 is 1.70 bits per heavy atom. The molecule has 0 amide bonds. The van der Waals surface area contributed by atoms with Crippen molar-refractivity contribution in [2.75, 3.05) is 12.3 Å². The van der Waals surface area contributed by atoms with Crippen LogP contribution in [-0.2, 0) is 0 Å². The zero-order chi connectivity index (χ0) is 14.8. The van der Waals surface area contributed by atoms with Crippen LogP contribution in [0, 0.1) is 11.3 Å². The van der Waals surface area contributed by atoms with E-state index in [0.29, 0.717) is 5.16 Å². The van der Waals surface area contributed by atoms with Gasteiger partial charge in [-0.05, 0) is 43.6 Å². The third-order valence-corrected chi connectivity index (χ3v) is 8.33. The van der Waals surface area contributed by atoms with Crippen LogP contribution in [0.25, 0.3) is 0 Å². The molecule has 1 atom stereocenters. The normalized spacial score (nSPS) is 23.1. The van der Waals surface area contributed by atoms with Gasteiger partial charge in [-0.25, -0.2) is 0 Å². The second-order valence-electron chi connectivity index (χ2n) is 6.13. The molecule has 0 radical (unpaired) electrons. The Bertz CT molecular complexity index is 332. The summed E-state index contributed by atoms with van der Waals surface area (Å²) in [6.07, 6.45) is 16.5. The molecular formula is C18H32NP. The van der Waals surface area contributed by atoms with Crippen molar-refractivity contribution in [2.24, 2.45) is 0 Å². The number of allylic oxidation sites excluding steroid dienone is 2. The van der Waals surface area contributed by atoms with Gasteiger partial charge in [0, 0.05) is 11.2 Å². The molecule has 114 valence electrons. The van der Waals surface area contributed by atoms with Crippen molar-refractivity contribution in [3.8, 4) is 6.07 Å². The molecule has 0 aromatic carbocycles. The van der Waals surface area contributed by atoms with Gasteiger partial charge in [0.15, 0.2) is 0 Å². The fourth-order valence-electron chi connectivity index (χ4n) is 3.57. The maximum Gasteiger partial charge on any atom is 0.0911 e. The van der Waals surface area contributed by atoms with Gasteiger partial charge in [-0.1, -0.05) is 60.8 Å². The number of hydrogen-bond donors (Lipinski definition) is 0. The molecule has 1 nitrogen and oxygen atoms in total. The number of nitriles is 1. The summed E-state index contributed by atoms with van der Waals surface area (Å²) in [6.45, 7) is 6.89. The highest BCUT2D eigenvalue weighted by molar-refractivity contribution is 7.60. The fourth-order valence-corrected chi connectivity index (χ4v) is 7.38. The zero-order valence-corrected chi connectivity index (χ0v) is 14.6. The summed E-state index contributed by atoms with van der Waals surface area (Å²) in [6, 6.07) is 2.34. The highest BCUT2D eigenvalue weighted by Gasteiger charge is 2.44. The highest BCUT2D eigenvalue weighted by Crippen LogP contribution is 2.65. The van der Waals surface area contributed by atoms with Gasteiger partial charge in [0.05, 0.1) is 6.07 Å². The van der Waals surface area contributed by atoms with Gasteiger partial charge >= 0.3 is 0 Å². The minimum absolute atomic E-state index is 0.108. The maximum absolute atomic E-state index is 9.15. The van der Waals surface area contributed by atoms with E-state index in [-0.39, 0.29) is 7.92 Å². The molecule has 0 aromatic heterocycles. The average Bonchev–Trinajstić information content (AvgIpc) is 2.79. The van der Waals surface area contributed by atoms with Crippen molar-refractivity contribution < 1.29 is 0 Å². The lowest BCUT2D eigenvalue weighted by atomic mass is 9.86. The van der Waals surface area contributed by atoms with Crippen molar-refractivity contribution in [1.82, 2.24) is 0 Å². The minimum atomic E-state index is 0.108. The largest absolute Gasteiger partial charge is 0.193 e. The smallest absolute Gasteiger partial charge is 0.0911 e. The molecule has 1 aliphatic heterocycles. The summed E-state index contributed by atoms with van der Waals surface area (Å²) < 4.78 is 0. The molecule has 1 aliphatic rings. The van der Waals surface area contributed by atoms with Crippen LogP contribution in [0.5, 0.6) is 0 Å². The van der Waals surface area contributed by atoms with Crippen molar-refractivity contribution in [1.29, 1.82) is 5.26 Å². The number of unbranched alkanes of at least 4 members (excludes halogenated alkanes) is 3. The van der Waals surface area contributed by atoms with E-state index in [0.717, 1.165) is 0 Å². The number of rotatable bonds is 9. The molecule has 0 aromatic rings. The first-order valence-corrected chi connectivity index (χ1v) is 10.3. The maximum atomic E-state index is 9.15. The van der Waals surface area contributed by atoms with E-state index in [1.165, 1.54) is 75.7 Å². The molecule has 0 spiro atoms. The second-order valence-corrected chi connectivity index (χ2v) is 8.96. The van der Waals surface area contributed by atoms with Crippen LogP contribution < -0.4 is 0 Å². The van der Waals surface area contributed by atoms with E-state index in [4.69, 9.17) is 5.26 Å². The van der Waals surface area contributed by atoms with Crippen LogP contribution >= 0.6 is 7.92 Å². The Kier molecular flexibility index (Phi) is 8.47. The van der Waals surface area contributed by atoms with Gasteiger partial charge in [-0.3, -0.25) is 0 Å². The third kappa shape index (κ3) is 4.33. The number of hydrogen-bond acceptors (Lipinski definition) is 1. The summed E-state index contributed by atoms with van der Waals surface area (Å²) >= 11 is 0. The van der Waals surface area contributed by atoms with Crippen LogP contribution in [0.3, 0.4) is 0 Å². The van der Waals surface area contributed by atoms with E-state index >= 15 is 0 Å². The van der Waals surface area contributed by atoms with Gasteiger partial charge in [0.1, 0.15) is 0 Å². The molecule has 1 fully saturated rings. The lowest BCUT2D eigenvalue weighted by Gasteiger charge is -2.38. The van der Waals surface area contributed by atoms with Crippen LogP contribution in [0.4, 0.5) is 0 Å². The molecule has 1 rings (SSSR count). The Morgan fingerprint density at radius 3 is 2.20 bits per heavy atom. The quantitative estimate of drug-likeness (QED) is 0.364. The summed E-state index contributed by atoms with van der Waals surface area (Å²) in [5.74, 6) is 0. The topological polar surface area (TPSA) is 23.8 Å². The van der Waals surface area contributed by atoms with Crippen molar-refractivity contribution in [2.45, 2.75) is 83.7 Å². The first kappa shape index (κ1) is 17.7. The van der Waals surface area contributed by atoms with Crippen molar-refractivity contribution in [3.05, 3.63) is 11.6 Å². The molecule has 0 bridgehead atoms. The van der Waals surface area contributed by atoms with Gasteiger partial charge in [0.2, 0.25) is 0 Å². The lowest BCUT2D eigenvalue weighted by Crippen LogP contribution is -2.26. The van der Waals surface area contributed by atoms with Gasteiger partial charge < -0.3 is 0 Å². The summed E-state index contributed by atoms with van der Waals surface area (Å²) in [4.78, 5) is 0. The molecule has 1 saturated heterocycles. The summed E-state index contributed by atoms with van der Waals surface area (Å²) in [5.41, 5.74) is 1.52. The summed E-state index contributed by atoms with van der Waals surface area (Å²) in [5, 5.41) is 9.59. The average molecular weight is 293 g/mol. The fraction of sp³-hybridized carbons (Fsp3) is 0.833. The molecule has 20 heavy (non-hydrogen) atoms. The Hall–Kier alpha value is -0.340. The first-order valence-electron chi connectivity index (χ1n) is 8.59. The Labute approximate surface area is 127 Å². The van der Waals surface area contributed by atoms with Gasteiger partial charge in [-0.15, -0.1) is 0 Å². The minimum Gasteiger partial charge on any atom is -0.193 e. The predicted molar refractivity (Wildman–Crippen MR) is 91.7 cm³/mol. The first-order chi connectivity index (χ1) is 9.75. The molecule has 0 saturated carbocycles. The predicted octanol–water partition coefficient (Wildman–Crippen LogP) is 6.24. The van der Waals surface area contributed by atoms with Crippen LogP contribution in [0.15, 0.2) is 11.6 Å². The molecule has 0 N–H and O–H groups in total. The van der Waals surface area contributed by atoms with Crippen LogP contribution in [0.1, 0.15) is 78.6 Å². The Morgan fingerprint density at radius 1 is 1.10 bits per heavy atom. The highest BCUT2D eigenvalue weighted by atomic mass is 31.1. The van der Waals surface area contributed by atoms with Crippen LogP contribution in [-0.4, -0.2) is 17.5 Å². The monoisotopic (exact) mass is 293 g/mol. The van der Waals surface area contributed by atoms with E-state index in [9.17, 15) is 0 Å². The lowest BCUT2D eigenvalue weighted by molar-refractivity contribution is 0.510.